The molecule has 1 N–H and O–H groups in total. The van der Waals surface area contributed by atoms with Gasteiger partial charge < -0.3 is 9.73 Å². The monoisotopic (exact) mass is 389 g/mol. The summed E-state index contributed by atoms with van der Waals surface area (Å²) >= 11 is 0. The summed E-state index contributed by atoms with van der Waals surface area (Å²) in [5.74, 6) is -0.332. The van der Waals surface area contributed by atoms with E-state index in [0.29, 0.717) is 11.6 Å². The summed E-state index contributed by atoms with van der Waals surface area (Å²) in [5.41, 5.74) is 1.60. The third-order valence-electron chi connectivity index (χ3n) is 4.16. The lowest BCUT2D eigenvalue weighted by Gasteiger charge is -2.11. The molecule has 29 heavy (non-hydrogen) atoms. The molecule has 0 aliphatic carbocycles. The molecule has 0 unspecified atom stereocenters. The van der Waals surface area contributed by atoms with E-state index in [1.165, 1.54) is 29.2 Å². The number of aromatic nitrogens is 4. The number of hydrogen-bond acceptors (Lipinski definition) is 5. The molecule has 2 aromatic carbocycles. The van der Waals surface area contributed by atoms with E-state index in [9.17, 15) is 9.18 Å². The van der Waals surface area contributed by atoms with Crippen LogP contribution in [0, 0.1) is 12.7 Å². The molecule has 0 bridgehead atoms. The molecule has 1 amide bonds. The van der Waals surface area contributed by atoms with Crippen molar-refractivity contribution in [2.24, 2.45) is 0 Å². The van der Waals surface area contributed by atoms with E-state index in [4.69, 9.17) is 4.42 Å². The van der Waals surface area contributed by atoms with Crippen molar-refractivity contribution in [3.8, 4) is 11.4 Å². The van der Waals surface area contributed by atoms with Gasteiger partial charge in [-0.1, -0.05) is 36.4 Å². The molecule has 0 aliphatic heterocycles. The van der Waals surface area contributed by atoms with E-state index >= 15 is 0 Å². The standard InChI is InChI=1S/C21H16FN5O2/c1-14-9-10-18(17(22)12-14)23-21(28)19(13-16-8-5-11-29-16)27-20(24-25-26-27)15-6-3-2-4-7-15/h2-13H,1H3,(H,23,28)/b19-13-. The molecule has 0 aliphatic rings. The Balaban J connectivity index is 1.76. The van der Waals surface area contributed by atoms with Gasteiger partial charge in [-0.05, 0) is 47.2 Å². The quantitative estimate of drug-likeness (QED) is 0.521. The van der Waals surface area contributed by atoms with E-state index in [1.807, 2.05) is 30.3 Å². The first kappa shape index (κ1) is 18.3. The summed E-state index contributed by atoms with van der Waals surface area (Å²) in [4.78, 5) is 13.1. The molecule has 0 saturated carbocycles. The molecule has 144 valence electrons. The van der Waals surface area contributed by atoms with Gasteiger partial charge in [0.05, 0.1) is 12.0 Å². The fraction of sp³-hybridized carbons (Fsp3) is 0.0476. The number of halogens is 1. The third-order valence-corrected chi connectivity index (χ3v) is 4.16. The molecular weight excluding hydrogens is 373 g/mol. The van der Waals surface area contributed by atoms with Crippen LogP contribution < -0.4 is 5.32 Å². The maximum Gasteiger partial charge on any atom is 0.274 e. The number of rotatable bonds is 5. The van der Waals surface area contributed by atoms with Crippen LogP contribution in [0.15, 0.2) is 71.3 Å². The number of nitrogens with one attached hydrogen (secondary N) is 1. The van der Waals surface area contributed by atoms with Crippen LogP contribution in [0.4, 0.5) is 10.1 Å². The number of nitrogens with zero attached hydrogens (tertiary/aromatic N) is 4. The summed E-state index contributed by atoms with van der Waals surface area (Å²) in [5, 5.41) is 14.3. The first-order valence-corrected chi connectivity index (χ1v) is 8.79. The topological polar surface area (TPSA) is 85.8 Å². The second-order valence-corrected chi connectivity index (χ2v) is 6.26. The van der Waals surface area contributed by atoms with Crippen molar-refractivity contribution in [1.29, 1.82) is 0 Å². The molecule has 0 atom stereocenters. The lowest BCUT2D eigenvalue weighted by Crippen LogP contribution is -2.20. The van der Waals surface area contributed by atoms with Gasteiger partial charge in [-0.3, -0.25) is 4.79 Å². The Hall–Kier alpha value is -4.07. The zero-order valence-electron chi connectivity index (χ0n) is 15.4. The minimum atomic E-state index is -0.589. The number of tetrazole rings is 1. The van der Waals surface area contributed by atoms with Crippen LogP contribution in [-0.4, -0.2) is 26.1 Å². The molecule has 4 rings (SSSR count). The van der Waals surface area contributed by atoms with Crippen LogP contribution in [-0.2, 0) is 4.79 Å². The maximum atomic E-state index is 14.2. The van der Waals surface area contributed by atoms with Gasteiger partial charge in [-0.15, -0.1) is 5.10 Å². The number of carbonyl (C=O) groups is 1. The Morgan fingerprint density at radius 3 is 2.69 bits per heavy atom. The molecule has 0 spiro atoms. The van der Waals surface area contributed by atoms with E-state index in [2.05, 4.69) is 20.8 Å². The van der Waals surface area contributed by atoms with Crippen molar-refractivity contribution in [3.63, 3.8) is 0 Å². The second-order valence-electron chi connectivity index (χ2n) is 6.26. The smallest absolute Gasteiger partial charge is 0.274 e. The predicted molar refractivity (Wildman–Crippen MR) is 106 cm³/mol. The highest BCUT2D eigenvalue weighted by Gasteiger charge is 2.21. The van der Waals surface area contributed by atoms with Crippen molar-refractivity contribution in [1.82, 2.24) is 20.2 Å². The number of benzene rings is 2. The summed E-state index contributed by atoms with van der Waals surface area (Å²) in [6, 6.07) is 17.1. The Morgan fingerprint density at radius 2 is 1.97 bits per heavy atom. The SMILES string of the molecule is Cc1ccc(NC(=O)/C(=C/c2ccco2)n2nnnc2-c2ccccc2)c(F)c1. The summed E-state index contributed by atoms with van der Waals surface area (Å²) in [6.45, 7) is 1.77. The van der Waals surface area contributed by atoms with Crippen molar-refractivity contribution in [2.75, 3.05) is 5.32 Å². The van der Waals surface area contributed by atoms with Crippen LogP contribution in [0.25, 0.3) is 23.2 Å². The van der Waals surface area contributed by atoms with E-state index in [-0.39, 0.29) is 11.4 Å². The molecule has 8 heteroatoms. The number of carbonyl (C=O) groups excluding carboxylic acids is 1. The van der Waals surface area contributed by atoms with Gasteiger partial charge in [-0.25, -0.2) is 4.39 Å². The molecule has 0 radical (unpaired) electrons. The maximum absolute atomic E-state index is 14.2. The Bertz CT molecular complexity index is 1170. The number of aryl methyl sites for hydroxylation is 1. The average molecular weight is 389 g/mol. The largest absolute Gasteiger partial charge is 0.465 e. The lowest BCUT2D eigenvalue weighted by molar-refractivity contribution is -0.111. The first-order valence-electron chi connectivity index (χ1n) is 8.79. The fourth-order valence-corrected chi connectivity index (χ4v) is 2.76. The minimum absolute atomic E-state index is 0.0558. The van der Waals surface area contributed by atoms with Gasteiger partial charge in [0.2, 0.25) is 0 Å². The van der Waals surface area contributed by atoms with Crippen molar-refractivity contribution >= 4 is 23.4 Å². The van der Waals surface area contributed by atoms with E-state index in [1.54, 1.807) is 25.1 Å². The predicted octanol–water partition coefficient (Wildman–Crippen LogP) is 4.02. The van der Waals surface area contributed by atoms with Gasteiger partial charge in [0.15, 0.2) is 5.82 Å². The van der Waals surface area contributed by atoms with Crippen LogP contribution >= 0.6 is 0 Å². The van der Waals surface area contributed by atoms with Gasteiger partial charge in [-0.2, -0.15) is 4.68 Å². The Morgan fingerprint density at radius 1 is 1.14 bits per heavy atom. The average Bonchev–Trinajstić information content (AvgIpc) is 3.40. The van der Waals surface area contributed by atoms with Crippen molar-refractivity contribution < 1.29 is 13.6 Å². The van der Waals surface area contributed by atoms with Gasteiger partial charge in [0, 0.05) is 11.6 Å². The number of hydrogen-bond donors (Lipinski definition) is 1. The molecule has 4 aromatic rings. The number of furan rings is 1. The Labute approximate surface area is 165 Å². The van der Waals surface area contributed by atoms with Gasteiger partial charge in [0.25, 0.3) is 5.91 Å². The normalized spacial score (nSPS) is 11.4. The zero-order chi connectivity index (χ0) is 20.2. The first-order chi connectivity index (χ1) is 14.1. The third kappa shape index (κ3) is 3.96. The Kier molecular flexibility index (Phi) is 4.98. The lowest BCUT2D eigenvalue weighted by atomic mass is 10.2. The van der Waals surface area contributed by atoms with Crippen LogP contribution in [0.2, 0.25) is 0 Å². The second kappa shape index (κ2) is 7.89. The van der Waals surface area contributed by atoms with Gasteiger partial charge >= 0.3 is 0 Å². The zero-order valence-corrected chi connectivity index (χ0v) is 15.4. The molecular formula is C21H16FN5O2. The molecule has 2 heterocycles. The summed E-state index contributed by atoms with van der Waals surface area (Å²) < 4.78 is 20.9. The summed E-state index contributed by atoms with van der Waals surface area (Å²) in [6.07, 6.45) is 2.98. The highest BCUT2D eigenvalue weighted by molar-refractivity contribution is 6.24. The van der Waals surface area contributed by atoms with Crippen molar-refractivity contribution in [3.05, 3.63) is 84.1 Å². The van der Waals surface area contributed by atoms with E-state index in [0.717, 1.165) is 11.1 Å². The molecule has 0 fully saturated rings. The van der Waals surface area contributed by atoms with Crippen LogP contribution in [0.3, 0.4) is 0 Å². The van der Waals surface area contributed by atoms with Crippen LogP contribution in [0.5, 0.6) is 0 Å². The molecule has 0 saturated heterocycles. The highest BCUT2D eigenvalue weighted by Crippen LogP contribution is 2.23. The van der Waals surface area contributed by atoms with Crippen LogP contribution in [0.1, 0.15) is 11.3 Å². The fourth-order valence-electron chi connectivity index (χ4n) is 2.76. The van der Waals surface area contributed by atoms with E-state index < -0.39 is 11.7 Å². The number of anilines is 1. The molecule has 2 aromatic heterocycles. The summed E-state index contributed by atoms with van der Waals surface area (Å²) in [7, 11) is 0. The minimum Gasteiger partial charge on any atom is -0.465 e. The van der Waals surface area contributed by atoms with Gasteiger partial charge in [0.1, 0.15) is 17.3 Å². The highest BCUT2D eigenvalue weighted by atomic mass is 19.1. The number of amides is 1. The van der Waals surface area contributed by atoms with Crippen molar-refractivity contribution in [2.45, 2.75) is 6.92 Å². The molecule has 7 nitrogen and oxygen atoms in total.